The second kappa shape index (κ2) is 7.80. The lowest BCUT2D eigenvalue weighted by Gasteiger charge is -2.17. The largest absolute Gasteiger partial charge is 0.311 e. The third kappa shape index (κ3) is 3.53. The number of para-hydroxylation sites is 1. The molecule has 1 aliphatic rings. The topological polar surface area (TPSA) is 51.0 Å². The van der Waals surface area contributed by atoms with Gasteiger partial charge in [0.1, 0.15) is 0 Å². The van der Waals surface area contributed by atoms with Crippen molar-refractivity contribution in [3.05, 3.63) is 72.8 Å². The summed E-state index contributed by atoms with van der Waals surface area (Å²) in [6, 6.07) is 18.0. The number of rotatable bonds is 6. The Hall–Kier alpha value is -2.86. The Bertz CT molecular complexity index is 967. The number of anilines is 1. The molecule has 0 fully saturated rings. The molecule has 0 saturated heterocycles. The number of carbonyl (C=O) groups is 1. The minimum Gasteiger partial charge on any atom is -0.311 e. The number of aromatic nitrogens is 3. The maximum atomic E-state index is 12.8. The molecule has 27 heavy (non-hydrogen) atoms. The second-order valence-corrected chi connectivity index (χ2v) is 7.23. The monoisotopic (exact) mass is 376 g/mol. The van der Waals surface area contributed by atoms with Crippen LogP contribution in [0.2, 0.25) is 0 Å². The number of fused-ring (bicyclic) bond motifs is 1. The summed E-state index contributed by atoms with van der Waals surface area (Å²) >= 11 is 1.42. The van der Waals surface area contributed by atoms with Crippen LogP contribution in [0.5, 0.6) is 0 Å². The van der Waals surface area contributed by atoms with Gasteiger partial charge in [-0.2, -0.15) is 0 Å². The van der Waals surface area contributed by atoms with Gasteiger partial charge in [0.15, 0.2) is 11.0 Å². The van der Waals surface area contributed by atoms with Crippen LogP contribution in [0.15, 0.2) is 72.4 Å². The lowest BCUT2D eigenvalue weighted by Crippen LogP contribution is -2.30. The molecule has 1 aromatic heterocycles. The van der Waals surface area contributed by atoms with Gasteiger partial charge in [-0.15, -0.1) is 16.8 Å². The molecule has 1 amide bonds. The van der Waals surface area contributed by atoms with E-state index in [1.165, 1.54) is 17.3 Å². The third-order valence-corrected chi connectivity index (χ3v) is 5.52. The van der Waals surface area contributed by atoms with Crippen molar-refractivity contribution in [2.45, 2.75) is 18.1 Å². The van der Waals surface area contributed by atoms with Crippen LogP contribution in [0.25, 0.3) is 11.4 Å². The zero-order valence-corrected chi connectivity index (χ0v) is 15.7. The van der Waals surface area contributed by atoms with E-state index in [4.69, 9.17) is 0 Å². The molecule has 4 rings (SSSR count). The SMILES string of the molecule is C=CCn1c(SCC(=O)N2CCc3ccccc32)nnc1-c1ccccc1. The first-order valence-corrected chi connectivity index (χ1v) is 9.87. The van der Waals surface area contributed by atoms with Gasteiger partial charge < -0.3 is 4.90 Å². The van der Waals surface area contributed by atoms with E-state index in [1.54, 1.807) is 0 Å². The molecule has 0 aliphatic carbocycles. The average molecular weight is 376 g/mol. The van der Waals surface area contributed by atoms with Crippen molar-refractivity contribution in [1.29, 1.82) is 0 Å². The quantitative estimate of drug-likeness (QED) is 0.485. The van der Waals surface area contributed by atoms with Crippen molar-refractivity contribution < 1.29 is 4.79 Å². The van der Waals surface area contributed by atoms with Crippen LogP contribution in [-0.4, -0.2) is 33.0 Å². The Morgan fingerprint density at radius 3 is 2.70 bits per heavy atom. The van der Waals surface area contributed by atoms with Gasteiger partial charge in [-0.25, -0.2) is 0 Å². The molecule has 1 aliphatic heterocycles. The molecule has 2 heterocycles. The number of hydrogen-bond donors (Lipinski definition) is 0. The Balaban J connectivity index is 1.51. The Morgan fingerprint density at radius 1 is 1.11 bits per heavy atom. The van der Waals surface area contributed by atoms with Crippen LogP contribution in [0.4, 0.5) is 5.69 Å². The van der Waals surface area contributed by atoms with Gasteiger partial charge in [-0.1, -0.05) is 66.4 Å². The van der Waals surface area contributed by atoms with Crippen molar-refractivity contribution >= 4 is 23.4 Å². The van der Waals surface area contributed by atoms with Gasteiger partial charge in [0.2, 0.25) is 5.91 Å². The minimum absolute atomic E-state index is 0.0966. The van der Waals surface area contributed by atoms with Crippen LogP contribution in [0.1, 0.15) is 5.56 Å². The van der Waals surface area contributed by atoms with E-state index < -0.39 is 0 Å². The molecular formula is C21H20N4OS. The molecule has 3 aromatic rings. The van der Waals surface area contributed by atoms with Crippen LogP contribution in [0, 0.1) is 0 Å². The fourth-order valence-electron chi connectivity index (χ4n) is 3.29. The maximum Gasteiger partial charge on any atom is 0.237 e. The third-order valence-electron chi connectivity index (χ3n) is 4.57. The summed E-state index contributed by atoms with van der Waals surface area (Å²) in [6.45, 7) is 5.17. The van der Waals surface area contributed by atoms with E-state index in [-0.39, 0.29) is 5.91 Å². The van der Waals surface area contributed by atoms with Crippen molar-refractivity contribution in [3.8, 4) is 11.4 Å². The summed E-state index contributed by atoms with van der Waals surface area (Å²) in [5, 5.41) is 9.38. The molecule has 0 N–H and O–H groups in total. The number of benzene rings is 2. The maximum absolute atomic E-state index is 12.8. The first-order valence-electron chi connectivity index (χ1n) is 8.88. The molecule has 5 nitrogen and oxygen atoms in total. The highest BCUT2D eigenvalue weighted by molar-refractivity contribution is 7.99. The second-order valence-electron chi connectivity index (χ2n) is 6.28. The number of hydrogen-bond acceptors (Lipinski definition) is 4. The predicted molar refractivity (Wildman–Crippen MR) is 109 cm³/mol. The highest BCUT2D eigenvalue weighted by Gasteiger charge is 2.24. The molecule has 0 atom stereocenters. The van der Waals surface area contributed by atoms with Gasteiger partial charge in [0, 0.05) is 24.3 Å². The smallest absolute Gasteiger partial charge is 0.237 e. The lowest BCUT2D eigenvalue weighted by atomic mass is 10.2. The zero-order valence-electron chi connectivity index (χ0n) is 14.9. The van der Waals surface area contributed by atoms with Crippen molar-refractivity contribution in [1.82, 2.24) is 14.8 Å². The molecule has 0 radical (unpaired) electrons. The van der Waals surface area contributed by atoms with Crippen molar-refractivity contribution in [2.24, 2.45) is 0 Å². The lowest BCUT2D eigenvalue weighted by molar-refractivity contribution is -0.116. The standard InChI is InChI=1S/C21H20N4OS/c1-2-13-25-20(17-9-4-3-5-10-17)22-23-21(25)27-15-19(26)24-14-12-16-8-6-7-11-18(16)24/h2-11H,1,12-15H2. The number of carbonyl (C=O) groups excluding carboxylic acids is 1. The number of allylic oxidation sites excluding steroid dienone is 1. The summed E-state index contributed by atoms with van der Waals surface area (Å²) in [5.41, 5.74) is 3.26. The number of nitrogens with zero attached hydrogens (tertiary/aromatic N) is 4. The Morgan fingerprint density at radius 2 is 1.89 bits per heavy atom. The molecule has 0 saturated carbocycles. The summed E-state index contributed by atoms with van der Waals surface area (Å²) in [4.78, 5) is 14.6. The Labute approximate surface area is 162 Å². The normalized spacial score (nSPS) is 12.8. The van der Waals surface area contributed by atoms with Gasteiger partial charge in [-0.05, 0) is 18.1 Å². The molecule has 0 spiro atoms. The van der Waals surface area contributed by atoms with E-state index >= 15 is 0 Å². The summed E-state index contributed by atoms with van der Waals surface area (Å²) in [6.07, 6.45) is 2.73. The number of amides is 1. The summed E-state index contributed by atoms with van der Waals surface area (Å²) < 4.78 is 2.00. The van der Waals surface area contributed by atoms with E-state index in [1.807, 2.05) is 64.1 Å². The van der Waals surface area contributed by atoms with E-state index in [0.29, 0.717) is 12.3 Å². The fourth-order valence-corrected chi connectivity index (χ4v) is 4.12. The highest BCUT2D eigenvalue weighted by atomic mass is 32.2. The molecule has 2 aromatic carbocycles. The van der Waals surface area contributed by atoms with E-state index in [0.717, 1.165) is 35.2 Å². The molecule has 0 bridgehead atoms. The van der Waals surface area contributed by atoms with Crippen LogP contribution in [-0.2, 0) is 17.8 Å². The first kappa shape index (κ1) is 17.5. The zero-order chi connectivity index (χ0) is 18.6. The molecule has 136 valence electrons. The molecule has 0 unspecified atom stereocenters. The van der Waals surface area contributed by atoms with Gasteiger partial charge in [-0.3, -0.25) is 9.36 Å². The predicted octanol–water partition coefficient (Wildman–Crippen LogP) is 3.81. The number of thioether (sulfide) groups is 1. The minimum atomic E-state index is 0.0966. The van der Waals surface area contributed by atoms with E-state index in [2.05, 4.69) is 22.8 Å². The molecular weight excluding hydrogens is 356 g/mol. The van der Waals surface area contributed by atoms with Crippen LogP contribution < -0.4 is 4.90 Å². The first-order chi connectivity index (χ1) is 13.3. The average Bonchev–Trinajstić information content (AvgIpc) is 3.31. The summed E-state index contributed by atoms with van der Waals surface area (Å²) in [5.74, 6) is 1.22. The van der Waals surface area contributed by atoms with Gasteiger partial charge in [0.05, 0.1) is 5.75 Å². The van der Waals surface area contributed by atoms with Gasteiger partial charge in [0.25, 0.3) is 0 Å². The summed E-state index contributed by atoms with van der Waals surface area (Å²) in [7, 11) is 0. The van der Waals surface area contributed by atoms with Gasteiger partial charge >= 0.3 is 0 Å². The fraction of sp³-hybridized carbons (Fsp3) is 0.190. The van der Waals surface area contributed by atoms with Crippen molar-refractivity contribution in [3.63, 3.8) is 0 Å². The Kier molecular flexibility index (Phi) is 5.07. The van der Waals surface area contributed by atoms with E-state index in [9.17, 15) is 4.79 Å². The highest BCUT2D eigenvalue weighted by Crippen LogP contribution is 2.29. The van der Waals surface area contributed by atoms with Crippen LogP contribution in [0.3, 0.4) is 0 Å². The van der Waals surface area contributed by atoms with Crippen molar-refractivity contribution in [2.75, 3.05) is 17.2 Å². The van der Waals surface area contributed by atoms with Crippen LogP contribution >= 0.6 is 11.8 Å². The molecule has 6 heteroatoms.